The summed E-state index contributed by atoms with van der Waals surface area (Å²) in [5.74, 6) is 0.226. The third-order valence-electron chi connectivity index (χ3n) is 7.58. The van der Waals surface area contributed by atoms with E-state index in [2.05, 4.69) is 25.8 Å². The van der Waals surface area contributed by atoms with Crippen molar-refractivity contribution >= 4 is 45.1 Å². The average molecular weight is 583 g/mol. The number of rotatable bonds is 7. The minimum Gasteiger partial charge on any atom is -0.476 e. The van der Waals surface area contributed by atoms with Crippen LogP contribution in [0.1, 0.15) is 34.7 Å². The maximum absolute atomic E-state index is 11.5. The Morgan fingerprint density at radius 1 is 1.18 bits per heavy atom. The molecule has 40 heavy (non-hydrogen) atoms. The highest BCUT2D eigenvalue weighted by Crippen LogP contribution is 2.49. The molecule has 2 fully saturated rings. The van der Waals surface area contributed by atoms with Crippen LogP contribution in [0.4, 0.5) is 5.69 Å². The Bertz CT molecular complexity index is 1580. The Hall–Kier alpha value is -3.45. The second kappa shape index (κ2) is 9.88. The smallest absolute Gasteiger partial charge is 0.365 e. The van der Waals surface area contributed by atoms with Crippen molar-refractivity contribution in [1.29, 1.82) is 0 Å². The normalized spacial score (nSPS) is 22.6. The van der Waals surface area contributed by atoms with Gasteiger partial charge in [-0.05, 0) is 30.7 Å². The highest BCUT2D eigenvalue weighted by Gasteiger charge is 2.42. The molecule has 0 bridgehead atoms. The Morgan fingerprint density at radius 3 is 2.70 bits per heavy atom. The quantitative estimate of drug-likeness (QED) is 0.343. The van der Waals surface area contributed by atoms with Crippen molar-refractivity contribution in [1.82, 2.24) is 24.4 Å². The van der Waals surface area contributed by atoms with E-state index in [0.717, 1.165) is 62.1 Å². The van der Waals surface area contributed by atoms with Crippen molar-refractivity contribution in [3.05, 3.63) is 58.1 Å². The molecular formula is C27H27ClN6O5S. The van der Waals surface area contributed by atoms with Crippen LogP contribution in [0.5, 0.6) is 11.5 Å². The number of thiazole rings is 1. The van der Waals surface area contributed by atoms with Crippen molar-refractivity contribution in [3.63, 3.8) is 0 Å². The molecule has 0 radical (unpaired) electrons. The van der Waals surface area contributed by atoms with Crippen molar-refractivity contribution in [2.45, 2.75) is 38.3 Å². The molecule has 3 aliphatic heterocycles. The first kappa shape index (κ1) is 25.5. The average Bonchev–Trinajstić information content (AvgIpc) is 3.58. The molecule has 6 heterocycles. The molecule has 0 saturated carbocycles. The molecule has 2 saturated heterocycles. The number of benzene rings is 1. The van der Waals surface area contributed by atoms with Gasteiger partial charge in [-0.25, -0.2) is 14.8 Å². The highest BCUT2D eigenvalue weighted by atomic mass is 35.5. The van der Waals surface area contributed by atoms with Crippen molar-refractivity contribution < 1.29 is 24.1 Å². The van der Waals surface area contributed by atoms with Crippen molar-refractivity contribution in [2.24, 2.45) is 0 Å². The molecule has 1 aromatic carbocycles. The number of carboxylic acid groups (broad SMARTS) is 1. The molecule has 3 aliphatic rings. The summed E-state index contributed by atoms with van der Waals surface area (Å²) in [6.45, 7) is 7.16. The molecule has 0 aliphatic carbocycles. The van der Waals surface area contributed by atoms with Gasteiger partial charge in [0, 0.05) is 45.9 Å². The standard InChI is InChI=1S/C27H27ClN6O5S/c1-27(20-6-5-16(28)13-29-20)38-19-4-2-3-18(22(19)39-27)33-10-8-32(9-11-33)15-21-30-24-23(31-25(40-24)26(35)36)34(21)14-17-7-12-37-17/h2-6,13,17H,7-12,14-15H2,1H3,(H,35,36)/t17-,27-/m0/s1. The lowest BCUT2D eigenvalue weighted by Gasteiger charge is -2.36. The first-order valence-corrected chi connectivity index (χ1v) is 14.4. The van der Waals surface area contributed by atoms with Gasteiger partial charge in [0.05, 0.1) is 29.9 Å². The number of fused-ring (bicyclic) bond motifs is 2. The number of ether oxygens (including phenoxy) is 3. The van der Waals surface area contributed by atoms with Crippen molar-refractivity contribution in [3.8, 4) is 11.5 Å². The maximum Gasteiger partial charge on any atom is 0.365 e. The Kier molecular flexibility index (Phi) is 6.30. The summed E-state index contributed by atoms with van der Waals surface area (Å²) in [6.07, 6.45) is 2.68. The van der Waals surface area contributed by atoms with Gasteiger partial charge in [0.15, 0.2) is 22.0 Å². The number of nitrogens with zero attached hydrogens (tertiary/aromatic N) is 6. The van der Waals surface area contributed by atoms with Gasteiger partial charge in [-0.3, -0.25) is 9.88 Å². The maximum atomic E-state index is 11.5. The number of hydrogen-bond donors (Lipinski definition) is 1. The monoisotopic (exact) mass is 582 g/mol. The third kappa shape index (κ3) is 4.54. The van der Waals surface area contributed by atoms with E-state index in [0.29, 0.717) is 45.8 Å². The zero-order chi connectivity index (χ0) is 27.4. The van der Waals surface area contributed by atoms with E-state index in [1.807, 2.05) is 29.7 Å². The van der Waals surface area contributed by atoms with Crippen LogP contribution in [0, 0.1) is 0 Å². The van der Waals surface area contributed by atoms with Crippen LogP contribution < -0.4 is 14.4 Å². The van der Waals surface area contributed by atoms with Crippen LogP contribution in [0.2, 0.25) is 5.02 Å². The second-order valence-electron chi connectivity index (χ2n) is 10.3. The summed E-state index contributed by atoms with van der Waals surface area (Å²) < 4.78 is 20.3. The number of carboxylic acids is 1. The third-order valence-corrected chi connectivity index (χ3v) is 8.73. The Morgan fingerprint density at radius 2 is 2.00 bits per heavy atom. The molecule has 0 unspecified atom stereocenters. The second-order valence-corrected chi connectivity index (χ2v) is 11.7. The van der Waals surface area contributed by atoms with Crippen LogP contribution in [-0.4, -0.2) is 74.4 Å². The summed E-state index contributed by atoms with van der Waals surface area (Å²) in [5, 5.41) is 10.0. The number of halogens is 1. The lowest BCUT2D eigenvalue weighted by Crippen LogP contribution is -2.46. The number of piperazine rings is 1. The minimum atomic E-state index is -1.03. The van der Waals surface area contributed by atoms with E-state index in [4.69, 9.17) is 30.8 Å². The zero-order valence-electron chi connectivity index (χ0n) is 21.7. The fourth-order valence-corrected chi connectivity index (χ4v) is 6.26. The largest absolute Gasteiger partial charge is 0.476 e. The number of para-hydroxylation sites is 1. The molecule has 2 atom stereocenters. The van der Waals surface area contributed by atoms with Gasteiger partial charge < -0.3 is 28.8 Å². The molecular weight excluding hydrogens is 556 g/mol. The van der Waals surface area contributed by atoms with E-state index in [-0.39, 0.29) is 11.1 Å². The van der Waals surface area contributed by atoms with E-state index in [1.165, 1.54) is 0 Å². The summed E-state index contributed by atoms with van der Waals surface area (Å²) in [7, 11) is 0. The van der Waals surface area contributed by atoms with Crippen LogP contribution in [0.3, 0.4) is 0 Å². The van der Waals surface area contributed by atoms with Gasteiger partial charge in [-0.1, -0.05) is 29.0 Å². The van der Waals surface area contributed by atoms with Gasteiger partial charge >= 0.3 is 5.97 Å². The lowest BCUT2D eigenvalue weighted by atomic mass is 10.2. The van der Waals surface area contributed by atoms with Gasteiger partial charge in [-0.2, -0.15) is 0 Å². The number of aromatic carboxylic acids is 1. The molecule has 4 aromatic rings. The molecule has 1 N–H and O–H groups in total. The van der Waals surface area contributed by atoms with Gasteiger partial charge in [0.1, 0.15) is 11.5 Å². The highest BCUT2D eigenvalue weighted by molar-refractivity contribution is 7.19. The number of anilines is 1. The summed E-state index contributed by atoms with van der Waals surface area (Å²) in [4.78, 5) is 30.4. The first-order chi connectivity index (χ1) is 19.4. The first-order valence-electron chi connectivity index (χ1n) is 13.2. The fraction of sp³-hybridized carbons (Fsp3) is 0.407. The SMILES string of the molecule is C[C@]1(c2ccc(Cl)cn2)Oc2cccc(N3CCN(Cc4nc5sc(C(=O)O)nc5n4C[C@@H]4CCO4)CC3)c2O1. The van der Waals surface area contributed by atoms with E-state index in [1.54, 1.807) is 12.3 Å². The van der Waals surface area contributed by atoms with Crippen LogP contribution in [0.25, 0.3) is 10.5 Å². The minimum absolute atomic E-state index is 0.0606. The molecule has 7 rings (SSSR count). The van der Waals surface area contributed by atoms with E-state index >= 15 is 0 Å². The number of aromatic nitrogens is 4. The van der Waals surface area contributed by atoms with Gasteiger partial charge in [-0.15, -0.1) is 0 Å². The Labute approximate surface area is 238 Å². The predicted octanol–water partition coefficient (Wildman–Crippen LogP) is 3.99. The molecule has 0 amide bonds. The molecule has 0 spiro atoms. The molecule has 3 aromatic heterocycles. The molecule has 11 nitrogen and oxygen atoms in total. The fourth-order valence-electron chi connectivity index (χ4n) is 5.35. The predicted molar refractivity (Wildman–Crippen MR) is 149 cm³/mol. The zero-order valence-corrected chi connectivity index (χ0v) is 23.3. The van der Waals surface area contributed by atoms with Gasteiger partial charge in [0.25, 0.3) is 5.79 Å². The Balaban J connectivity index is 1.06. The summed E-state index contributed by atoms with van der Waals surface area (Å²) in [5.41, 5.74) is 2.27. The molecule has 208 valence electrons. The van der Waals surface area contributed by atoms with E-state index < -0.39 is 11.8 Å². The summed E-state index contributed by atoms with van der Waals surface area (Å²) >= 11 is 7.14. The molecule has 13 heteroatoms. The lowest BCUT2D eigenvalue weighted by molar-refractivity contribution is -0.0716. The van der Waals surface area contributed by atoms with E-state index in [9.17, 15) is 9.90 Å². The number of hydrogen-bond acceptors (Lipinski definition) is 10. The van der Waals surface area contributed by atoms with Crippen LogP contribution >= 0.6 is 22.9 Å². The number of pyridine rings is 1. The van der Waals surface area contributed by atoms with Gasteiger partial charge in [0.2, 0.25) is 5.01 Å². The van der Waals surface area contributed by atoms with Crippen molar-refractivity contribution in [2.75, 3.05) is 37.7 Å². The van der Waals surface area contributed by atoms with Crippen LogP contribution in [0.15, 0.2) is 36.5 Å². The topological polar surface area (TPSA) is 115 Å². The number of imidazole rings is 1. The number of carbonyl (C=O) groups is 1. The summed E-state index contributed by atoms with van der Waals surface area (Å²) in [6, 6.07) is 9.55. The van der Waals surface area contributed by atoms with Crippen LogP contribution in [-0.2, 0) is 23.6 Å².